The molecule has 0 amide bonds. The highest BCUT2D eigenvalue weighted by Crippen LogP contribution is 2.38. The van der Waals surface area contributed by atoms with Crippen LogP contribution in [0.5, 0.6) is 0 Å². The van der Waals surface area contributed by atoms with Crippen molar-refractivity contribution in [2.24, 2.45) is 5.41 Å². The maximum absolute atomic E-state index is 12.1. The summed E-state index contributed by atoms with van der Waals surface area (Å²) in [5.41, 5.74) is 0.376. The molecule has 2 heterocycles. The van der Waals surface area contributed by atoms with E-state index in [9.17, 15) is 8.42 Å². The van der Waals surface area contributed by atoms with Crippen LogP contribution in [-0.4, -0.2) is 44.2 Å². The summed E-state index contributed by atoms with van der Waals surface area (Å²) in [4.78, 5) is 0. The predicted molar refractivity (Wildman–Crippen MR) is 69.4 cm³/mol. The lowest BCUT2D eigenvalue weighted by Gasteiger charge is -2.44. The lowest BCUT2D eigenvalue weighted by atomic mass is 9.73. The Morgan fingerprint density at radius 1 is 1.18 bits per heavy atom. The first-order chi connectivity index (χ1) is 7.96. The normalized spacial score (nSPS) is 26.5. The third kappa shape index (κ3) is 2.66. The van der Waals surface area contributed by atoms with Gasteiger partial charge in [-0.15, -0.1) is 0 Å². The van der Waals surface area contributed by atoms with Crippen LogP contribution in [-0.2, 0) is 10.0 Å². The summed E-state index contributed by atoms with van der Waals surface area (Å²) in [6, 6.07) is 0. The van der Waals surface area contributed by atoms with Crippen LogP contribution in [0, 0.1) is 5.41 Å². The molecule has 0 aromatic heterocycles. The first-order valence-corrected chi connectivity index (χ1v) is 8.16. The average Bonchev–Trinajstić information content (AvgIpc) is 2.30. The Hall–Kier alpha value is -0.130. The molecule has 1 spiro atoms. The van der Waals surface area contributed by atoms with Gasteiger partial charge in [-0.1, -0.05) is 0 Å². The van der Waals surface area contributed by atoms with Crippen LogP contribution in [0.2, 0.25) is 0 Å². The minimum atomic E-state index is -3.04. The second-order valence-corrected chi connectivity index (χ2v) is 8.26. The maximum Gasteiger partial charge on any atom is 0.216 e. The molecule has 4 nitrogen and oxygen atoms in total. The van der Waals surface area contributed by atoms with Crippen LogP contribution in [0.25, 0.3) is 0 Å². The van der Waals surface area contributed by atoms with Crippen LogP contribution in [0.15, 0.2) is 0 Å². The van der Waals surface area contributed by atoms with Crippen LogP contribution in [0.4, 0.5) is 0 Å². The molecule has 0 unspecified atom stereocenters. The summed E-state index contributed by atoms with van der Waals surface area (Å²) in [6.45, 7) is 7.15. The first kappa shape index (κ1) is 13.3. The molecule has 2 rings (SSSR count). The minimum absolute atomic E-state index is 0.291. The van der Waals surface area contributed by atoms with Gasteiger partial charge in [-0.05, 0) is 51.5 Å². The largest absolute Gasteiger partial charge is 0.316 e. The Bertz CT molecular complexity index is 349. The zero-order chi connectivity index (χ0) is 12.5. The van der Waals surface area contributed by atoms with E-state index in [1.165, 1.54) is 12.8 Å². The molecular weight excluding hydrogens is 236 g/mol. The fraction of sp³-hybridized carbons (Fsp3) is 1.00. The standard InChI is InChI=1S/C12H24N2O2S/c1-11(2)17(15,16)14-8-5-12(6-9-14)4-3-7-13-10-12/h11,13H,3-10H2,1-2H3. The van der Waals surface area contributed by atoms with E-state index in [1.807, 2.05) is 0 Å². The smallest absolute Gasteiger partial charge is 0.216 e. The molecule has 0 aromatic carbocycles. The van der Waals surface area contributed by atoms with Gasteiger partial charge in [-0.3, -0.25) is 0 Å². The molecule has 0 radical (unpaired) electrons. The summed E-state index contributed by atoms with van der Waals surface area (Å²) in [7, 11) is -3.04. The zero-order valence-corrected chi connectivity index (χ0v) is 11.7. The van der Waals surface area contributed by atoms with E-state index in [0.717, 1.165) is 25.9 Å². The van der Waals surface area contributed by atoms with Gasteiger partial charge in [0.1, 0.15) is 0 Å². The van der Waals surface area contributed by atoms with Crippen LogP contribution in [0.3, 0.4) is 0 Å². The van der Waals surface area contributed by atoms with Gasteiger partial charge in [0.2, 0.25) is 10.0 Å². The molecular formula is C12H24N2O2S. The van der Waals surface area contributed by atoms with Crippen molar-refractivity contribution in [3.05, 3.63) is 0 Å². The molecule has 2 aliphatic rings. The van der Waals surface area contributed by atoms with Gasteiger partial charge in [0.15, 0.2) is 0 Å². The molecule has 0 aromatic rings. The van der Waals surface area contributed by atoms with Crippen molar-refractivity contribution in [2.45, 2.75) is 44.8 Å². The van der Waals surface area contributed by atoms with E-state index in [0.29, 0.717) is 18.5 Å². The van der Waals surface area contributed by atoms with Crippen molar-refractivity contribution in [2.75, 3.05) is 26.2 Å². The van der Waals surface area contributed by atoms with Crippen molar-refractivity contribution >= 4 is 10.0 Å². The fourth-order valence-electron chi connectivity index (χ4n) is 2.97. The van der Waals surface area contributed by atoms with E-state index in [4.69, 9.17) is 0 Å². The lowest BCUT2D eigenvalue weighted by Crippen LogP contribution is -2.50. The van der Waals surface area contributed by atoms with Gasteiger partial charge < -0.3 is 5.32 Å². The number of rotatable bonds is 2. The van der Waals surface area contributed by atoms with Crippen molar-refractivity contribution in [1.82, 2.24) is 9.62 Å². The number of piperidine rings is 2. The maximum atomic E-state index is 12.1. The molecule has 2 aliphatic heterocycles. The quantitative estimate of drug-likeness (QED) is 0.811. The van der Waals surface area contributed by atoms with E-state index in [1.54, 1.807) is 18.2 Å². The SMILES string of the molecule is CC(C)S(=O)(=O)N1CCC2(CCCNC2)CC1. The van der Waals surface area contributed by atoms with E-state index >= 15 is 0 Å². The summed E-state index contributed by atoms with van der Waals surface area (Å²) >= 11 is 0. The van der Waals surface area contributed by atoms with E-state index in [-0.39, 0.29) is 5.25 Å². The number of hydrogen-bond donors (Lipinski definition) is 1. The van der Waals surface area contributed by atoms with Crippen molar-refractivity contribution in [3.63, 3.8) is 0 Å². The van der Waals surface area contributed by atoms with Crippen LogP contribution in [0.1, 0.15) is 39.5 Å². The van der Waals surface area contributed by atoms with Gasteiger partial charge in [-0.2, -0.15) is 0 Å². The monoisotopic (exact) mass is 260 g/mol. The fourth-order valence-corrected chi connectivity index (χ4v) is 4.26. The number of hydrogen-bond acceptors (Lipinski definition) is 3. The van der Waals surface area contributed by atoms with Crippen LogP contribution >= 0.6 is 0 Å². The lowest BCUT2D eigenvalue weighted by molar-refractivity contribution is 0.116. The Balaban J connectivity index is 1.98. The average molecular weight is 260 g/mol. The number of sulfonamides is 1. The van der Waals surface area contributed by atoms with Crippen molar-refractivity contribution in [1.29, 1.82) is 0 Å². The van der Waals surface area contributed by atoms with Crippen molar-refractivity contribution < 1.29 is 8.42 Å². The van der Waals surface area contributed by atoms with E-state index < -0.39 is 10.0 Å². The van der Waals surface area contributed by atoms with Gasteiger partial charge >= 0.3 is 0 Å². The molecule has 0 aliphatic carbocycles. The molecule has 5 heteroatoms. The second-order valence-electron chi connectivity index (χ2n) is 5.77. The molecule has 0 saturated carbocycles. The summed E-state index contributed by atoms with van der Waals surface area (Å²) in [6.07, 6.45) is 4.53. The highest BCUT2D eigenvalue weighted by atomic mass is 32.2. The topological polar surface area (TPSA) is 49.4 Å². The van der Waals surface area contributed by atoms with Crippen LogP contribution < -0.4 is 5.32 Å². The number of nitrogens with zero attached hydrogens (tertiary/aromatic N) is 1. The second kappa shape index (κ2) is 4.86. The third-order valence-electron chi connectivity index (χ3n) is 4.30. The first-order valence-electron chi connectivity index (χ1n) is 6.66. The van der Waals surface area contributed by atoms with Gasteiger partial charge in [0.05, 0.1) is 5.25 Å². The van der Waals surface area contributed by atoms with Gasteiger partial charge in [-0.25, -0.2) is 12.7 Å². The van der Waals surface area contributed by atoms with Gasteiger partial charge in [0.25, 0.3) is 0 Å². The summed E-state index contributed by atoms with van der Waals surface area (Å²) < 4.78 is 25.8. The highest BCUT2D eigenvalue weighted by Gasteiger charge is 2.39. The molecule has 2 saturated heterocycles. The third-order valence-corrected chi connectivity index (χ3v) is 6.58. The summed E-state index contributed by atoms with van der Waals surface area (Å²) in [5, 5.41) is 3.16. The zero-order valence-electron chi connectivity index (χ0n) is 10.9. The predicted octanol–water partition coefficient (Wildman–Crippen LogP) is 1.19. The Morgan fingerprint density at radius 2 is 1.82 bits per heavy atom. The van der Waals surface area contributed by atoms with E-state index in [2.05, 4.69) is 5.32 Å². The van der Waals surface area contributed by atoms with Crippen molar-refractivity contribution in [3.8, 4) is 0 Å². The number of nitrogens with one attached hydrogen (secondary N) is 1. The Morgan fingerprint density at radius 3 is 2.29 bits per heavy atom. The molecule has 0 atom stereocenters. The molecule has 1 N–H and O–H groups in total. The Labute approximate surface area is 105 Å². The summed E-state index contributed by atoms with van der Waals surface area (Å²) in [5.74, 6) is 0. The highest BCUT2D eigenvalue weighted by molar-refractivity contribution is 7.89. The minimum Gasteiger partial charge on any atom is -0.316 e. The molecule has 17 heavy (non-hydrogen) atoms. The molecule has 100 valence electrons. The van der Waals surface area contributed by atoms with Gasteiger partial charge in [0, 0.05) is 19.6 Å². The molecule has 0 bridgehead atoms. The Kier molecular flexibility index (Phi) is 3.80. The molecule has 2 fully saturated rings.